The lowest BCUT2D eigenvalue weighted by molar-refractivity contribution is 0.207. The molecule has 1 aromatic heterocycles. The summed E-state index contributed by atoms with van der Waals surface area (Å²) in [5, 5.41) is 10.9. The summed E-state index contributed by atoms with van der Waals surface area (Å²) in [4.78, 5) is 17.7. The highest BCUT2D eigenvalue weighted by Crippen LogP contribution is 2.34. The number of rotatable bonds is 5. The van der Waals surface area contributed by atoms with Gasteiger partial charge in [-0.2, -0.15) is 0 Å². The molecule has 1 saturated heterocycles. The molecule has 0 radical (unpaired) electrons. The number of benzene rings is 2. The van der Waals surface area contributed by atoms with Crippen molar-refractivity contribution in [3.63, 3.8) is 0 Å². The number of aromatic hydroxyl groups is 1. The van der Waals surface area contributed by atoms with E-state index < -0.39 is 0 Å². The van der Waals surface area contributed by atoms with Crippen LogP contribution in [0.2, 0.25) is 0 Å². The van der Waals surface area contributed by atoms with Crippen molar-refractivity contribution in [1.29, 1.82) is 0 Å². The second kappa shape index (κ2) is 9.17. The van der Waals surface area contributed by atoms with Gasteiger partial charge in [-0.1, -0.05) is 42.0 Å². The van der Waals surface area contributed by atoms with Crippen molar-refractivity contribution in [3.05, 3.63) is 93.2 Å². The number of nitrogens with zero attached hydrogens (tertiary/aromatic N) is 3. The van der Waals surface area contributed by atoms with Crippen LogP contribution in [-0.4, -0.2) is 40.8 Å². The second-order valence-corrected chi connectivity index (χ2v) is 8.42. The van der Waals surface area contributed by atoms with Crippen LogP contribution >= 0.6 is 0 Å². The third-order valence-corrected chi connectivity index (χ3v) is 6.38. The van der Waals surface area contributed by atoms with Crippen molar-refractivity contribution in [1.82, 2.24) is 9.47 Å². The maximum atomic E-state index is 14.3. The molecule has 1 N–H and O–H groups in total. The molecule has 5 nitrogen and oxygen atoms in total. The molecule has 0 bridgehead atoms. The Kier molecular flexibility index (Phi) is 6.33. The van der Waals surface area contributed by atoms with Crippen LogP contribution in [-0.2, 0) is 6.54 Å². The van der Waals surface area contributed by atoms with Gasteiger partial charge in [-0.15, -0.1) is 0 Å². The smallest absolute Gasteiger partial charge is 0.259 e. The molecule has 0 amide bonds. The van der Waals surface area contributed by atoms with Gasteiger partial charge >= 0.3 is 0 Å². The molecule has 0 spiro atoms. The first-order valence-electron chi connectivity index (χ1n) is 11.1. The zero-order valence-corrected chi connectivity index (χ0v) is 18.9. The Morgan fingerprint density at radius 3 is 2.28 bits per heavy atom. The summed E-state index contributed by atoms with van der Waals surface area (Å²) in [7, 11) is 0. The summed E-state index contributed by atoms with van der Waals surface area (Å²) in [5.74, 6) is -0.197. The van der Waals surface area contributed by atoms with E-state index in [1.807, 2.05) is 56.0 Å². The Balaban J connectivity index is 1.72. The third kappa shape index (κ3) is 4.15. The Labute approximate surface area is 188 Å². The molecule has 0 unspecified atom stereocenters. The van der Waals surface area contributed by atoms with Crippen LogP contribution in [0.4, 0.5) is 10.1 Å². The zero-order chi connectivity index (χ0) is 22.8. The van der Waals surface area contributed by atoms with Gasteiger partial charge < -0.3 is 14.6 Å². The fourth-order valence-corrected chi connectivity index (χ4v) is 4.66. The van der Waals surface area contributed by atoms with E-state index in [2.05, 4.69) is 4.90 Å². The van der Waals surface area contributed by atoms with Gasteiger partial charge in [-0.05, 0) is 44.5 Å². The van der Waals surface area contributed by atoms with Crippen LogP contribution in [0, 0.1) is 19.7 Å². The van der Waals surface area contributed by atoms with Gasteiger partial charge in [-0.3, -0.25) is 9.69 Å². The summed E-state index contributed by atoms with van der Waals surface area (Å²) >= 11 is 0. The maximum Gasteiger partial charge on any atom is 0.259 e. The number of aromatic nitrogens is 1. The van der Waals surface area contributed by atoms with Crippen molar-refractivity contribution in [2.75, 3.05) is 31.1 Å². The molecular weight excluding hydrogens is 405 g/mol. The monoisotopic (exact) mass is 435 g/mol. The largest absolute Gasteiger partial charge is 0.507 e. The molecular formula is C26H30FN3O2. The van der Waals surface area contributed by atoms with Gasteiger partial charge in [0.15, 0.2) is 0 Å². The molecule has 0 saturated carbocycles. The number of piperazine rings is 1. The summed E-state index contributed by atoms with van der Waals surface area (Å²) in [6, 6.07) is 16.2. The van der Waals surface area contributed by atoms with E-state index in [4.69, 9.17) is 0 Å². The van der Waals surface area contributed by atoms with Gasteiger partial charge in [0.1, 0.15) is 11.6 Å². The number of halogens is 1. The Hall–Kier alpha value is -3.12. The number of anilines is 1. The molecule has 6 heteroatoms. The lowest BCUT2D eigenvalue weighted by atomic mass is 9.95. The van der Waals surface area contributed by atoms with Crippen molar-refractivity contribution < 1.29 is 9.50 Å². The van der Waals surface area contributed by atoms with Crippen LogP contribution in [0.5, 0.6) is 5.75 Å². The van der Waals surface area contributed by atoms with Gasteiger partial charge in [-0.25, -0.2) is 4.39 Å². The van der Waals surface area contributed by atoms with E-state index in [1.165, 1.54) is 6.07 Å². The molecule has 1 aliphatic rings. The van der Waals surface area contributed by atoms with Gasteiger partial charge in [0, 0.05) is 38.4 Å². The first kappa shape index (κ1) is 22.1. The number of aryl methyl sites for hydroxylation is 2. The van der Waals surface area contributed by atoms with Crippen LogP contribution < -0.4 is 10.5 Å². The minimum absolute atomic E-state index is 0.0271. The predicted molar refractivity (Wildman–Crippen MR) is 126 cm³/mol. The molecule has 4 rings (SSSR count). The fourth-order valence-electron chi connectivity index (χ4n) is 4.66. The lowest BCUT2D eigenvalue weighted by Crippen LogP contribution is -2.49. The van der Waals surface area contributed by atoms with E-state index in [0.717, 1.165) is 16.8 Å². The highest BCUT2D eigenvalue weighted by molar-refractivity contribution is 5.48. The highest BCUT2D eigenvalue weighted by Gasteiger charge is 2.31. The lowest BCUT2D eigenvalue weighted by Gasteiger charge is -2.40. The molecule has 2 aromatic carbocycles. The first-order valence-corrected chi connectivity index (χ1v) is 11.1. The van der Waals surface area contributed by atoms with Gasteiger partial charge in [0.05, 0.1) is 17.3 Å². The normalized spacial score (nSPS) is 15.7. The van der Waals surface area contributed by atoms with Gasteiger partial charge in [0.25, 0.3) is 5.56 Å². The fraction of sp³-hybridized carbons (Fsp3) is 0.346. The molecule has 0 aliphatic carbocycles. The average molecular weight is 436 g/mol. The molecule has 1 fully saturated rings. The van der Waals surface area contributed by atoms with E-state index in [1.54, 1.807) is 22.8 Å². The van der Waals surface area contributed by atoms with Crippen molar-refractivity contribution >= 4 is 5.69 Å². The van der Waals surface area contributed by atoms with E-state index in [9.17, 15) is 14.3 Å². The Bertz CT molecular complexity index is 1150. The number of para-hydroxylation sites is 1. The topological polar surface area (TPSA) is 48.7 Å². The molecule has 168 valence electrons. The standard InChI is InChI=1S/C26H30FN3O2/c1-4-30-19(3)17-23(31)24(26(30)32)25(20-11-9-18(2)10-12-20)29-15-13-28(14-16-29)22-8-6-5-7-21(22)27/h5-12,17,25,31H,4,13-16H2,1-3H3/t25-/m0/s1. The van der Waals surface area contributed by atoms with Crippen LogP contribution in [0.3, 0.4) is 0 Å². The third-order valence-electron chi connectivity index (χ3n) is 6.38. The van der Waals surface area contributed by atoms with Crippen molar-refractivity contribution in [2.24, 2.45) is 0 Å². The molecule has 1 aliphatic heterocycles. The van der Waals surface area contributed by atoms with Crippen LogP contribution in [0.25, 0.3) is 0 Å². The summed E-state index contributed by atoms with van der Waals surface area (Å²) in [5.41, 5.74) is 3.69. The molecule has 3 aromatic rings. The van der Waals surface area contributed by atoms with E-state index >= 15 is 0 Å². The quantitative estimate of drug-likeness (QED) is 0.651. The number of hydrogen-bond acceptors (Lipinski definition) is 4. The first-order chi connectivity index (χ1) is 15.4. The summed E-state index contributed by atoms with van der Waals surface area (Å²) in [6.45, 7) is 8.90. The maximum absolute atomic E-state index is 14.3. The van der Waals surface area contributed by atoms with Crippen LogP contribution in [0.1, 0.15) is 35.3 Å². The highest BCUT2D eigenvalue weighted by atomic mass is 19.1. The van der Waals surface area contributed by atoms with E-state index in [-0.39, 0.29) is 23.2 Å². The Morgan fingerprint density at radius 1 is 1.00 bits per heavy atom. The number of hydrogen-bond donors (Lipinski definition) is 1. The van der Waals surface area contributed by atoms with Gasteiger partial charge in [0.2, 0.25) is 0 Å². The minimum Gasteiger partial charge on any atom is -0.507 e. The molecule has 2 heterocycles. The zero-order valence-electron chi connectivity index (χ0n) is 18.9. The number of pyridine rings is 1. The molecule has 1 atom stereocenters. The predicted octanol–water partition coefficient (Wildman–Crippen LogP) is 4.24. The molecule has 32 heavy (non-hydrogen) atoms. The SMILES string of the molecule is CCn1c(C)cc(O)c([C@H](c2ccc(C)cc2)N2CCN(c3ccccc3F)CC2)c1=O. The van der Waals surface area contributed by atoms with E-state index in [0.29, 0.717) is 44.0 Å². The second-order valence-electron chi connectivity index (χ2n) is 8.42. The summed E-state index contributed by atoms with van der Waals surface area (Å²) < 4.78 is 16.0. The minimum atomic E-state index is -0.371. The van der Waals surface area contributed by atoms with Crippen molar-refractivity contribution in [3.8, 4) is 5.75 Å². The summed E-state index contributed by atoms with van der Waals surface area (Å²) in [6.07, 6.45) is 0. The van der Waals surface area contributed by atoms with Crippen LogP contribution in [0.15, 0.2) is 59.4 Å². The average Bonchev–Trinajstić information content (AvgIpc) is 2.78. The Morgan fingerprint density at radius 2 is 1.66 bits per heavy atom. The van der Waals surface area contributed by atoms with Crippen molar-refractivity contribution in [2.45, 2.75) is 33.4 Å².